The molecular weight excluding hydrogens is 340 g/mol. The number of carbonyl (C=O) groups excluding carboxylic acids is 1. The first kappa shape index (κ1) is 25.3. The Morgan fingerprint density at radius 2 is 1.38 bits per heavy atom. The Morgan fingerprint density at radius 1 is 0.846 bits per heavy atom. The van der Waals surface area contributed by atoms with Gasteiger partial charge in [0.1, 0.15) is 0 Å². The van der Waals surface area contributed by atoms with Gasteiger partial charge in [-0.3, -0.25) is 4.79 Å². The van der Waals surface area contributed by atoms with Crippen molar-refractivity contribution in [3.05, 3.63) is 17.9 Å². The van der Waals surface area contributed by atoms with Crippen molar-refractivity contribution in [2.24, 2.45) is 0 Å². The summed E-state index contributed by atoms with van der Waals surface area (Å²) >= 11 is 1.98. The molecule has 0 spiro atoms. The summed E-state index contributed by atoms with van der Waals surface area (Å²) in [5.74, 6) is 2.12. The Labute approximate surface area is 167 Å². The van der Waals surface area contributed by atoms with Gasteiger partial charge in [-0.2, -0.15) is 11.8 Å². The van der Waals surface area contributed by atoms with Crippen molar-refractivity contribution in [2.45, 2.75) is 103 Å². The zero-order chi connectivity index (χ0) is 19.1. The van der Waals surface area contributed by atoms with E-state index in [-0.39, 0.29) is 5.97 Å². The average Bonchev–Trinajstić information content (AvgIpc) is 2.66. The summed E-state index contributed by atoms with van der Waals surface area (Å²) in [7, 11) is 1.43. The molecule has 0 aliphatic heterocycles. The number of hydrogen-bond donors (Lipinski definition) is 0. The highest BCUT2D eigenvalue weighted by Gasteiger charge is 1.95. The Morgan fingerprint density at radius 3 is 1.92 bits per heavy atom. The minimum Gasteiger partial charge on any atom is -0.469 e. The number of carbonyl (C=O) groups is 1. The van der Waals surface area contributed by atoms with Crippen LogP contribution in [0.5, 0.6) is 0 Å². The third kappa shape index (κ3) is 21.4. The fourth-order valence-corrected chi connectivity index (χ4v) is 3.66. The van der Waals surface area contributed by atoms with E-state index in [1.807, 2.05) is 17.8 Å². The lowest BCUT2D eigenvalue weighted by Crippen LogP contribution is -1.97. The van der Waals surface area contributed by atoms with Gasteiger partial charge in [0, 0.05) is 12.2 Å². The molecule has 0 radical (unpaired) electrons. The molecule has 0 N–H and O–H groups in total. The first-order valence-corrected chi connectivity index (χ1v) is 12.0. The zero-order valence-corrected chi connectivity index (χ0v) is 18.2. The van der Waals surface area contributed by atoms with E-state index in [4.69, 9.17) is 0 Å². The number of thioether (sulfide) groups is 1. The van der Waals surface area contributed by atoms with E-state index in [1.54, 1.807) is 0 Å². The molecule has 0 saturated carbocycles. The van der Waals surface area contributed by atoms with Gasteiger partial charge in [-0.25, -0.2) is 0 Å². The molecule has 0 saturated heterocycles. The lowest BCUT2D eigenvalue weighted by Gasteiger charge is -2.03. The third-order valence-electron chi connectivity index (χ3n) is 4.55. The van der Waals surface area contributed by atoms with Crippen molar-refractivity contribution in [3.8, 4) is 0 Å². The van der Waals surface area contributed by atoms with Crippen LogP contribution < -0.4 is 0 Å². The number of ether oxygens (including phenoxy) is 1. The van der Waals surface area contributed by atoms with Crippen molar-refractivity contribution in [1.82, 2.24) is 0 Å². The van der Waals surface area contributed by atoms with Crippen LogP contribution >= 0.6 is 11.8 Å². The molecule has 0 heterocycles. The molecule has 152 valence electrons. The molecule has 0 aromatic carbocycles. The summed E-state index contributed by atoms with van der Waals surface area (Å²) in [6.07, 6.45) is 23.6. The summed E-state index contributed by atoms with van der Waals surface area (Å²) in [5.41, 5.74) is 3.14. The van der Waals surface area contributed by atoms with Gasteiger partial charge in [0.15, 0.2) is 0 Å². The van der Waals surface area contributed by atoms with Crippen LogP contribution in [0.3, 0.4) is 0 Å². The maximum Gasteiger partial charge on any atom is 0.305 e. The zero-order valence-electron chi connectivity index (χ0n) is 17.4. The Bertz CT molecular complexity index is 359. The first-order valence-electron chi connectivity index (χ1n) is 10.8. The predicted octanol–water partition coefficient (Wildman–Crippen LogP) is 7.48. The van der Waals surface area contributed by atoms with Gasteiger partial charge in [0.25, 0.3) is 0 Å². The van der Waals surface area contributed by atoms with Crippen LogP contribution in [-0.4, -0.2) is 24.6 Å². The van der Waals surface area contributed by atoms with Gasteiger partial charge in [0.2, 0.25) is 0 Å². The second-order valence-electron chi connectivity index (χ2n) is 7.01. The first-order chi connectivity index (χ1) is 12.8. The largest absolute Gasteiger partial charge is 0.469 e. The minimum absolute atomic E-state index is 0.153. The second-order valence-corrected chi connectivity index (χ2v) is 8.16. The van der Waals surface area contributed by atoms with E-state index >= 15 is 0 Å². The summed E-state index contributed by atoms with van der Waals surface area (Å²) in [4.78, 5) is 10.9. The summed E-state index contributed by atoms with van der Waals surface area (Å²) in [6, 6.07) is 0. The van der Waals surface area contributed by atoms with Crippen LogP contribution in [0.1, 0.15) is 103 Å². The number of rotatable bonds is 19. The molecule has 0 fully saturated rings. The van der Waals surface area contributed by atoms with E-state index in [0.717, 1.165) is 5.75 Å². The van der Waals surface area contributed by atoms with Crippen molar-refractivity contribution in [3.63, 3.8) is 0 Å². The number of hydrogen-bond acceptors (Lipinski definition) is 3. The van der Waals surface area contributed by atoms with Crippen molar-refractivity contribution < 1.29 is 9.53 Å². The summed E-state index contributed by atoms with van der Waals surface area (Å²) in [6.45, 7) is 2.28. The molecule has 26 heavy (non-hydrogen) atoms. The van der Waals surface area contributed by atoms with Crippen LogP contribution in [0.4, 0.5) is 0 Å². The second kappa shape index (κ2) is 22.4. The van der Waals surface area contributed by atoms with E-state index < -0.39 is 0 Å². The molecule has 0 unspecified atom stereocenters. The van der Waals surface area contributed by atoms with Crippen molar-refractivity contribution in [2.75, 3.05) is 18.6 Å². The smallest absolute Gasteiger partial charge is 0.305 e. The van der Waals surface area contributed by atoms with Crippen molar-refractivity contribution in [1.29, 1.82) is 0 Å². The van der Waals surface area contributed by atoms with Gasteiger partial charge in [-0.05, 0) is 30.7 Å². The van der Waals surface area contributed by atoms with Crippen LogP contribution in [0.15, 0.2) is 17.9 Å². The molecule has 0 aliphatic rings. The summed E-state index contributed by atoms with van der Waals surface area (Å²) < 4.78 is 4.59. The third-order valence-corrected chi connectivity index (χ3v) is 5.53. The Hall–Kier alpha value is -0.660. The molecule has 0 amide bonds. The van der Waals surface area contributed by atoms with Crippen LogP contribution in [0, 0.1) is 0 Å². The van der Waals surface area contributed by atoms with E-state index in [9.17, 15) is 4.79 Å². The van der Waals surface area contributed by atoms with Gasteiger partial charge >= 0.3 is 5.97 Å². The number of methoxy groups -OCH3 is 1. The molecule has 3 heteroatoms. The predicted molar refractivity (Wildman–Crippen MR) is 117 cm³/mol. The SMILES string of the molecule is CCCCCCCCCCCCCCCSCC=C=CCCC(=O)OC. The molecule has 0 atom stereocenters. The molecule has 2 nitrogen and oxygen atoms in total. The lowest BCUT2D eigenvalue weighted by atomic mass is 10.1. The monoisotopic (exact) mass is 382 g/mol. The van der Waals surface area contributed by atoms with Gasteiger partial charge in [0.05, 0.1) is 7.11 Å². The highest BCUT2D eigenvalue weighted by Crippen LogP contribution is 2.13. The Balaban J connectivity index is 3.15. The van der Waals surface area contributed by atoms with E-state index in [0.29, 0.717) is 12.8 Å². The fraction of sp³-hybridized carbons (Fsp3) is 0.826. The van der Waals surface area contributed by atoms with Crippen LogP contribution in [0.2, 0.25) is 0 Å². The van der Waals surface area contributed by atoms with Crippen LogP contribution in [0.25, 0.3) is 0 Å². The molecule has 0 aliphatic carbocycles. The highest BCUT2D eigenvalue weighted by molar-refractivity contribution is 7.99. The molecule has 0 aromatic heterocycles. The summed E-state index contributed by atoms with van der Waals surface area (Å²) in [5, 5.41) is 0. The normalized spacial score (nSPS) is 10.4. The quantitative estimate of drug-likeness (QED) is 0.132. The maximum atomic E-state index is 10.9. The lowest BCUT2D eigenvalue weighted by molar-refractivity contribution is -0.140. The minimum atomic E-state index is -0.153. The fourth-order valence-electron chi connectivity index (χ4n) is 2.87. The molecule has 0 aromatic rings. The van der Waals surface area contributed by atoms with Crippen molar-refractivity contribution >= 4 is 17.7 Å². The molecule has 0 bridgehead atoms. The van der Waals surface area contributed by atoms with Gasteiger partial charge in [-0.15, -0.1) is 5.73 Å². The van der Waals surface area contributed by atoms with Crippen LogP contribution in [-0.2, 0) is 9.53 Å². The highest BCUT2D eigenvalue weighted by atomic mass is 32.2. The topological polar surface area (TPSA) is 26.3 Å². The van der Waals surface area contributed by atoms with E-state index in [2.05, 4.69) is 23.5 Å². The number of unbranched alkanes of at least 4 members (excludes halogenated alkanes) is 12. The Kier molecular flexibility index (Phi) is 21.8. The van der Waals surface area contributed by atoms with Gasteiger partial charge < -0.3 is 4.74 Å². The standard InChI is InChI=1S/C23H42O2S/c1-3-4-5-6-7-8-9-10-11-12-13-15-18-21-26-22-19-16-14-17-20-23(24)25-2/h14,19H,3-13,15,17-18,20-22H2,1-2H3. The number of esters is 1. The average molecular weight is 383 g/mol. The van der Waals surface area contributed by atoms with Gasteiger partial charge in [-0.1, -0.05) is 84.0 Å². The molecular formula is C23H42O2S. The van der Waals surface area contributed by atoms with E-state index in [1.165, 1.54) is 96.3 Å². The maximum absolute atomic E-state index is 10.9. The molecule has 0 rings (SSSR count).